The van der Waals surface area contributed by atoms with Gasteiger partial charge >= 0.3 is 0 Å². The van der Waals surface area contributed by atoms with Crippen LogP contribution in [0.2, 0.25) is 0 Å². The Morgan fingerprint density at radius 1 is 1.10 bits per heavy atom. The summed E-state index contributed by atoms with van der Waals surface area (Å²) in [5.41, 5.74) is 1.43. The van der Waals surface area contributed by atoms with Crippen LogP contribution < -0.4 is 4.74 Å². The number of benzene rings is 2. The molecule has 0 amide bonds. The number of ketones is 1. The van der Waals surface area contributed by atoms with Crippen molar-refractivity contribution in [1.29, 1.82) is 0 Å². The van der Waals surface area contributed by atoms with Crippen molar-refractivity contribution in [2.24, 2.45) is 0 Å². The van der Waals surface area contributed by atoms with Gasteiger partial charge in [-0.15, -0.1) is 0 Å². The molecule has 0 aromatic heterocycles. The average Bonchev–Trinajstić information content (AvgIpc) is 2.53. The zero-order valence-electron chi connectivity index (χ0n) is 11.4. The van der Waals surface area contributed by atoms with E-state index < -0.39 is 0 Å². The van der Waals surface area contributed by atoms with Crippen molar-refractivity contribution in [2.75, 3.05) is 7.11 Å². The summed E-state index contributed by atoms with van der Waals surface area (Å²) in [5, 5.41) is 9.31. The molecular formula is C17H14O4. The summed E-state index contributed by atoms with van der Waals surface area (Å²) in [6.07, 6.45) is 3.58. The van der Waals surface area contributed by atoms with E-state index >= 15 is 0 Å². The third-order valence-electron chi connectivity index (χ3n) is 2.99. The summed E-state index contributed by atoms with van der Waals surface area (Å²) in [4.78, 5) is 22.9. The maximum Gasteiger partial charge on any atom is 0.185 e. The highest BCUT2D eigenvalue weighted by Gasteiger charge is 2.04. The number of phenols is 1. The molecule has 0 aliphatic heterocycles. The smallest absolute Gasteiger partial charge is 0.185 e. The number of rotatable bonds is 5. The molecule has 106 valence electrons. The van der Waals surface area contributed by atoms with Crippen LogP contribution >= 0.6 is 0 Å². The van der Waals surface area contributed by atoms with Crippen LogP contribution in [0.25, 0.3) is 6.08 Å². The summed E-state index contributed by atoms with van der Waals surface area (Å²) in [6.45, 7) is 0. The topological polar surface area (TPSA) is 63.6 Å². The number of hydrogen-bond donors (Lipinski definition) is 1. The molecule has 0 spiro atoms. The number of aldehydes is 1. The predicted octanol–water partition coefficient (Wildman–Crippen LogP) is 3.11. The van der Waals surface area contributed by atoms with Crippen molar-refractivity contribution in [2.45, 2.75) is 0 Å². The van der Waals surface area contributed by atoms with Crippen LogP contribution in [0.5, 0.6) is 11.5 Å². The fourth-order valence-corrected chi connectivity index (χ4v) is 1.83. The molecule has 4 nitrogen and oxygen atoms in total. The van der Waals surface area contributed by atoms with Gasteiger partial charge in [-0.2, -0.15) is 0 Å². The second kappa shape index (κ2) is 6.52. The normalized spacial score (nSPS) is 10.5. The molecule has 21 heavy (non-hydrogen) atoms. The second-order valence-corrected chi connectivity index (χ2v) is 4.36. The first-order valence-corrected chi connectivity index (χ1v) is 6.28. The Hall–Kier alpha value is -2.88. The van der Waals surface area contributed by atoms with E-state index in [1.165, 1.54) is 18.2 Å². The Morgan fingerprint density at radius 3 is 2.43 bits per heavy atom. The maximum atomic E-state index is 12.0. The summed E-state index contributed by atoms with van der Waals surface area (Å²) in [6, 6.07) is 11.1. The van der Waals surface area contributed by atoms with E-state index in [2.05, 4.69) is 0 Å². The number of methoxy groups -OCH3 is 1. The lowest BCUT2D eigenvalue weighted by Crippen LogP contribution is -1.94. The average molecular weight is 282 g/mol. The van der Waals surface area contributed by atoms with Gasteiger partial charge in [0.2, 0.25) is 0 Å². The molecule has 0 aliphatic rings. The quantitative estimate of drug-likeness (QED) is 0.520. The van der Waals surface area contributed by atoms with Crippen LogP contribution in [0.15, 0.2) is 48.5 Å². The lowest BCUT2D eigenvalue weighted by molar-refractivity contribution is 0.104. The molecule has 0 bridgehead atoms. The number of phenolic OH excluding ortho intramolecular Hbond substituents is 1. The van der Waals surface area contributed by atoms with Gasteiger partial charge in [0, 0.05) is 11.1 Å². The number of ether oxygens (including phenoxy) is 1. The van der Waals surface area contributed by atoms with Gasteiger partial charge in [-0.3, -0.25) is 9.59 Å². The van der Waals surface area contributed by atoms with E-state index in [1.807, 2.05) is 0 Å². The molecular weight excluding hydrogens is 268 g/mol. The van der Waals surface area contributed by atoms with Gasteiger partial charge in [0.1, 0.15) is 11.5 Å². The zero-order valence-corrected chi connectivity index (χ0v) is 11.4. The Balaban J connectivity index is 2.20. The molecule has 2 rings (SSSR count). The standard InChI is InChI=1S/C17H14O4/c1-21-16-7-3-13(4-8-16)17(20)9-5-12-2-6-15(19)10-14(12)11-18/h2-11,19H,1H3. The fourth-order valence-electron chi connectivity index (χ4n) is 1.83. The first-order valence-electron chi connectivity index (χ1n) is 6.28. The molecule has 0 radical (unpaired) electrons. The van der Waals surface area contributed by atoms with Crippen molar-refractivity contribution in [3.8, 4) is 11.5 Å². The van der Waals surface area contributed by atoms with Crippen LogP contribution in [0.4, 0.5) is 0 Å². The molecule has 0 atom stereocenters. The van der Waals surface area contributed by atoms with E-state index in [0.717, 1.165) is 0 Å². The highest BCUT2D eigenvalue weighted by atomic mass is 16.5. The third-order valence-corrected chi connectivity index (χ3v) is 2.99. The highest BCUT2D eigenvalue weighted by molar-refractivity contribution is 6.07. The van der Waals surface area contributed by atoms with Gasteiger partial charge in [-0.05, 0) is 48.0 Å². The van der Waals surface area contributed by atoms with Gasteiger partial charge in [0.15, 0.2) is 12.1 Å². The summed E-state index contributed by atoms with van der Waals surface area (Å²) < 4.78 is 5.03. The lowest BCUT2D eigenvalue weighted by Gasteiger charge is -2.01. The van der Waals surface area contributed by atoms with E-state index in [0.29, 0.717) is 28.7 Å². The number of aromatic hydroxyl groups is 1. The van der Waals surface area contributed by atoms with E-state index in [4.69, 9.17) is 4.74 Å². The molecule has 4 heteroatoms. The number of allylic oxidation sites excluding steroid dienone is 1. The van der Waals surface area contributed by atoms with Gasteiger partial charge in [-0.1, -0.05) is 12.1 Å². The molecule has 0 heterocycles. The van der Waals surface area contributed by atoms with Gasteiger partial charge in [0.25, 0.3) is 0 Å². The molecule has 1 N–H and O–H groups in total. The molecule has 0 unspecified atom stereocenters. The van der Waals surface area contributed by atoms with Crippen molar-refractivity contribution in [3.63, 3.8) is 0 Å². The van der Waals surface area contributed by atoms with Gasteiger partial charge in [-0.25, -0.2) is 0 Å². The van der Waals surface area contributed by atoms with E-state index in [9.17, 15) is 14.7 Å². The summed E-state index contributed by atoms with van der Waals surface area (Å²) in [5.74, 6) is 0.510. The van der Waals surface area contributed by atoms with Crippen molar-refractivity contribution >= 4 is 18.1 Å². The Kier molecular flexibility index (Phi) is 4.51. The molecule has 0 saturated heterocycles. The molecule has 0 aliphatic carbocycles. The molecule has 2 aromatic rings. The van der Waals surface area contributed by atoms with Crippen LogP contribution in [-0.2, 0) is 0 Å². The Morgan fingerprint density at radius 2 is 1.81 bits per heavy atom. The first-order chi connectivity index (χ1) is 10.1. The fraction of sp³-hybridized carbons (Fsp3) is 0.0588. The van der Waals surface area contributed by atoms with Crippen molar-refractivity contribution in [3.05, 3.63) is 65.2 Å². The number of hydrogen-bond acceptors (Lipinski definition) is 4. The minimum absolute atomic E-state index is 0.00994. The lowest BCUT2D eigenvalue weighted by atomic mass is 10.1. The highest BCUT2D eigenvalue weighted by Crippen LogP contribution is 2.17. The number of carbonyl (C=O) groups excluding carboxylic acids is 2. The Labute approximate surface area is 122 Å². The van der Waals surface area contributed by atoms with Crippen LogP contribution in [-0.4, -0.2) is 24.3 Å². The van der Waals surface area contributed by atoms with Crippen LogP contribution in [0.3, 0.4) is 0 Å². The van der Waals surface area contributed by atoms with Crippen LogP contribution in [0, 0.1) is 0 Å². The minimum atomic E-state index is -0.178. The Bertz CT molecular complexity index is 684. The predicted molar refractivity (Wildman–Crippen MR) is 79.9 cm³/mol. The second-order valence-electron chi connectivity index (χ2n) is 4.36. The maximum absolute atomic E-state index is 12.0. The van der Waals surface area contributed by atoms with E-state index in [1.54, 1.807) is 43.5 Å². The molecule has 0 fully saturated rings. The van der Waals surface area contributed by atoms with Crippen molar-refractivity contribution < 1.29 is 19.4 Å². The monoisotopic (exact) mass is 282 g/mol. The number of carbonyl (C=O) groups is 2. The molecule has 0 saturated carbocycles. The molecule has 2 aromatic carbocycles. The zero-order chi connectivity index (χ0) is 15.2. The summed E-state index contributed by atoms with van der Waals surface area (Å²) in [7, 11) is 1.56. The van der Waals surface area contributed by atoms with Gasteiger partial charge in [0.05, 0.1) is 7.11 Å². The SMILES string of the molecule is COc1ccc(C(=O)C=Cc2ccc(O)cc2C=O)cc1. The van der Waals surface area contributed by atoms with E-state index in [-0.39, 0.29) is 11.5 Å². The van der Waals surface area contributed by atoms with Gasteiger partial charge < -0.3 is 9.84 Å². The minimum Gasteiger partial charge on any atom is -0.508 e. The summed E-state index contributed by atoms with van der Waals surface area (Å²) >= 11 is 0. The first kappa shape index (κ1) is 14.5. The largest absolute Gasteiger partial charge is 0.508 e. The van der Waals surface area contributed by atoms with Crippen LogP contribution in [0.1, 0.15) is 26.3 Å². The van der Waals surface area contributed by atoms with Crippen molar-refractivity contribution in [1.82, 2.24) is 0 Å². The third kappa shape index (κ3) is 3.57.